The van der Waals surface area contributed by atoms with Gasteiger partial charge in [0.15, 0.2) is 0 Å². The van der Waals surface area contributed by atoms with Gasteiger partial charge in [0, 0.05) is 30.2 Å². The zero-order valence-corrected chi connectivity index (χ0v) is 17.3. The minimum absolute atomic E-state index is 0.480. The molecule has 0 radical (unpaired) electrons. The van der Waals surface area contributed by atoms with Gasteiger partial charge >= 0.3 is 0 Å². The average molecular weight is 395 g/mol. The Morgan fingerprint density at radius 2 is 1.73 bits per heavy atom. The molecule has 2 rings (SSSR count). The second-order valence-corrected chi connectivity index (χ2v) is 7.20. The largest absolute Gasteiger partial charge is 0.487 e. The lowest BCUT2D eigenvalue weighted by Gasteiger charge is -2.19. The van der Waals surface area contributed by atoms with Gasteiger partial charge in [0.1, 0.15) is 12.4 Å². The number of ether oxygens (including phenoxy) is 1. The van der Waals surface area contributed by atoms with Crippen LogP contribution in [-0.4, -0.2) is 31.1 Å². The number of nitrogens with zero attached hydrogens (tertiary/aromatic N) is 1. The third-order valence-electron chi connectivity index (χ3n) is 4.40. The van der Waals surface area contributed by atoms with Gasteiger partial charge in [0.05, 0.1) is 5.02 Å². The molecule has 0 aliphatic heterocycles. The summed E-state index contributed by atoms with van der Waals surface area (Å²) < 4.78 is 6.03. The van der Waals surface area contributed by atoms with Gasteiger partial charge in [0.2, 0.25) is 0 Å². The molecule has 0 aromatic heterocycles. The van der Waals surface area contributed by atoms with E-state index in [4.69, 9.17) is 27.9 Å². The molecule has 2 aromatic carbocycles. The predicted octanol–water partition coefficient (Wildman–Crippen LogP) is 5.31. The van der Waals surface area contributed by atoms with Gasteiger partial charge in [-0.3, -0.25) is 0 Å². The van der Waals surface area contributed by atoms with E-state index in [0.29, 0.717) is 28.9 Å². The molecule has 142 valence electrons. The van der Waals surface area contributed by atoms with Crippen molar-refractivity contribution in [2.75, 3.05) is 26.2 Å². The highest BCUT2D eigenvalue weighted by Gasteiger charge is 2.11. The fourth-order valence-corrected chi connectivity index (χ4v) is 3.34. The van der Waals surface area contributed by atoms with Crippen LogP contribution in [0.25, 0.3) is 0 Å². The van der Waals surface area contributed by atoms with Gasteiger partial charge in [-0.25, -0.2) is 0 Å². The molecular formula is C21H28Cl2N2O. The molecule has 0 aliphatic carbocycles. The zero-order valence-electron chi connectivity index (χ0n) is 15.8. The zero-order chi connectivity index (χ0) is 18.9. The van der Waals surface area contributed by atoms with Crippen LogP contribution in [0.4, 0.5) is 0 Å². The van der Waals surface area contributed by atoms with Gasteiger partial charge in [-0.1, -0.05) is 66.9 Å². The second kappa shape index (κ2) is 10.8. The molecule has 0 bridgehead atoms. The highest BCUT2D eigenvalue weighted by molar-refractivity contribution is 6.35. The molecule has 26 heavy (non-hydrogen) atoms. The van der Waals surface area contributed by atoms with E-state index in [1.54, 1.807) is 6.07 Å². The lowest BCUT2D eigenvalue weighted by atomic mass is 10.1. The summed E-state index contributed by atoms with van der Waals surface area (Å²) in [6.45, 7) is 11.6. The van der Waals surface area contributed by atoms with Crippen molar-refractivity contribution in [1.29, 1.82) is 0 Å². The Bertz CT molecular complexity index is 685. The van der Waals surface area contributed by atoms with Crippen LogP contribution in [0.5, 0.6) is 5.75 Å². The first-order valence-electron chi connectivity index (χ1n) is 9.12. The highest BCUT2D eigenvalue weighted by Crippen LogP contribution is 2.33. The van der Waals surface area contributed by atoms with E-state index in [0.717, 1.165) is 37.3 Å². The molecule has 0 heterocycles. The van der Waals surface area contributed by atoms with Gasteiger partial charge in [-0.05, 0) is 37.7 Å². The molecule has 0 atom stereocenters. The number of nitrogens with one attached hydrogen (secondary N) is 1. The van der Waals surface area contributed by atoms with Crippen LogP contribution < -0.4 is 10.1 Å². The number of hydrogen-bond donors (Lipinski definition) is 1. The van der Waals surface area contributed by atoms with Crippen LogP contribution in [0.15, 0.2) is 36.4 Å². The molecule has 0 unspecified atom stereocenters. The standard InChI is InChI=1S/C21H28Cl2N2O/c1-4-25(5-2)11-10-24-14-18-12-19(22)13-20(23)21(18)26-15-17-8-6-16(3)7-9-17/h6-9,12-13,24H,4-5,10-11,14-15H2,1-3H3. The number of rotatable bonds is 10. The Labute approximate surface area is 167 Å². The number of halogens is 2. The lowest BCUT2D eigenvalue weighted by molar-refractivity contribution is 0.296. The second-order valence-electron chi connectivity index (χ2n) is 6.35. The fourth-order valence-electron chi connectivity index (χ4n) is 2.75. The van der Waals surface area contributed by atoms with Crippen LogP contribution >= 0.6 is 23.2 Å². The first kappa shape index (κ1) is 21.0. The molecule has 1 N–H and O–H groups in total. The van der Waals surface area contributed by atoms with Gasteiger partial charge in [-0.2, -0.15) is 0 Å². The number of likely N-dealkylation sites (N-methyl/N-ethyl adjacent to an activating group) is 1. The maximum Gasteiger partial charge on any atom is 0.142 e. The van der Waals surface area contributed by atoms with Gasteiger partial charge < -0.3 is 15.0 Å². The van der Waals surface area contributed by atoms with E-state index in [1.165, 1.54) is 5.56 Å². The molecule has 0 saturated carbocycles. The van der Waals surface area contributed by atoms with Crippen LogP contribution in [0.1, 0.15) is 30.5 Å². The van der Waals surface area contributed by atoms with Crippen molar-refractivity contribution < 1.29 is 4.74 Å². The minimum Gasteiger partial charge on any atom is -0.487 e. The quantitative estimate of drug-likeness (QED) is 0.552. The van der Waals surface area contributed by atoms with Crippen molar-refractivity contribution in [1.82, 2.24) is 10.2 Å². The van der Waals surface area contributed by atoms with E-state index >= 15 is 0 Å². The predicted molar refractivity (Wildman–Crippen MR) is 111 cm³/mol. The van der Waals surface area contributed by atoms with E-state index in [1.807, 2.05) is 6.07 Å². The normalized spacial score (nSPS) is 11.2. The fraction of sp³-hybridized carbons (Fsp3) is 0.429. The summed E-state index contributed by atoms with van der Waals surface area (Å²) in [7, 11) is 0. The molecule has 0 fully saturated rings. The Kier molecular flexibility index (Phi) is 8.73. The van der Waals surface area contributed by atoms with Crippen LogP contribution in [-0.2, 0) is 13.2 Å². The highest BCUT2D eigenvalue weighted by atomic mass is 35.5. The molecule has 2 aromatic rings. The Morgan fingerprint density at radius 3 is 2.38 bits per heavy atom. The van der Waals surface area contributed by atoms with Crippen LogP contribution in [0, 0.1) is 6.92 Å². The lowest BCUT2D eigenvalue weighted by Crippen LogP contribution is -2.31. The summed E-state index contributed by atoms with van der Waals surface area (Å²) in [5, 5.41) is 4.63. The summed E-state index contributed by atoms with van der Waals surface area (Å²) in [4.78, 5) is 2.38. The van der Waals surface area contributed by atoms with Crippen LogP contribution in [0.3, 0.4) is 0 Å². The monoisotopic (exact) mass is 394 g/mol. The van der Waals surface area contributed by atoms with Crippen molar-refractivity contribution in [2.24, 2.45) is 0 Å². The first-order chi connectivity index (χ1) is 12.5. The topological polar surface area (TPSA) is 24.5 Å². The number of hydrogen-bond acceptors (Lipinski definition) is 3. The van der Waals surface area contributed by atoms with Crippen molar-refractivity contribution in [3.8, 4) is 5.75 Å². The number of aryl methyl sites for hydroxylation is 1. The Morgan fingerprint density at radius 1 is 1.04 bits per heavy atom. The van der Waals surface area contributed by atoms with E-state index in [9.17, 15) is 0 Å². The third-order valence-corrected chi connectivity index (χ3v) is 4.90. The molecule has 0 amide bonds. The number of benzene rings is 2. The molecule has 0 aliphatic rings. The van der Waals surface area contributed by atoms with Crippen molar-refractivity contribution in [3.05, 3.63) is 63.1 Å². The van der Waals surface area contributed by atoms with E-state index < -0.39 is 0 Å². The maximum atomic E-state index is 6.39. The molecular weight excluding hydrogens is 367 g/mol. The first-order valence-corrected chi connectivity index (χ1v) is 9.88. The van der Waals surface area contributed by atoms with Gasteiger partial charge in [0.25, 0.3) is 0 Å². The molecule has 5 heteroatoms. The summed E-state index contributed by atoms with van der Waals surface area (Å²) in [6, 6.07) is 12.0. The Balaban J connectivity index is 1.99. The van der Waals surface area contributed by atoms with E-state index in [-0.39, 0.29) is 0 Å². The molecule has 3 nitrogen and oxygen atoms in total. The summed E-state index contributed by atoms with van der Waals surface area (Å²) in [5.74, 6) is 0.701. The van der Waals surface area contributed by atoms with Crippen LogP contribution in [0.2, 0.25) is 10.0 Å². The minimum atomic E-state index is 0.480. The maximum absolute atomic E-state index is 6.39. The van der Waals surface area contributed by atoms with Crippen molar-refractivity contribution in [2.45, 2.75) is 33.9 Å². The summed E-state index contributed by atoms with van der Waals surface area (Å²) in [6.07, 6.45) is 0. The smallest absolute Gasteiger partial charge is 0.142 e. The third kappa shape index (κ3) is 6.48. The van der Waals surface area contributed by atoms with Crippen molar-refractivity contribution >= 4 is 23.2 Å². The summed E-state index contributed by atoms with van der Waals surface area (Å²) >= 11 is 12.6. The van der Waals surface area contributed by atoms with Gasteiger partial charge in [-0.15, -0.1) is 0 Å². The molecule has 0 saturated heterocycles. The Hall–Kier alpha value is -1.26. The summed E-state index contributed by atoms with van der Waals surface area (Å²) in [5.41, 5.74) is 3.33. The average Bonchev–Trinajstić information content (AvgIpc) is 2.62. The SMILES string of the molecule is CCN(CC)CCNCc1cc(Cl)cc(Cl)c1OCc1ccc(C)cc1. The van der Waals surface area contributed by atoms with E-state index in [2.05, 4.69) is 55.3 Å². The molecule has 0 spiro atoms. The van der Waals surface area contributed by atoms with Crippen molar-refractivity contribution in [3.63, 3.8) is 0 Å².